The smallest absolute Gasteiger partial charge is 0.341 e. The van der Waals surface area contributed by atoms with Crippen LogP contribution in [0.2, 0.25) is 0 Å². The average Bonchev–Trinajstić information content (AvgIpc) is 3.31. The van der Waals surface area contributed by atoms with Crippen molar-refractivity contribution in [2.75, 3.05) is 23.8 Å². The Morgan fingerprint density at radius 1 is 1.12 bits per heavy atom. The quantitative estimate of drug-likeness (QED) is 0.339. The van der Waals surface area contributed by atoms with Crippen LogP contribution in [0.3, 0.4) is 0 Å². The summed E-state index contributed by atoms with van der Waals surface area (Å²) < 4.78 is 10.7. The molecule has 0 aliphatic carbocycles. The average molecular weight is 594 g/mol. The first-order valence-corrected chi connectivity index (χ1v) is 15.2. The second-order valence-electron chi connectivity index (χ2n) is 9.79. The van der Waals surface area contributed by atoms with E-state index in [-0.39, 0.29) is 18.9 Å². The lowest BCUT2D eigenvalue weighted by atomic mass is 10.0. The normalized spacial score (nSPS) is 17.0. The van der Waals surface area contributed by atoms with E-state index in [4.69, 9.17) is 9.47 Å². The zero-order valence-corrected chi connectivity index (χ0v) is 24.4. The molecule has 3 heterocycles. The Bertz CT molecular complexity index is 1460. The van der Waals surface area contributed by atoms with Crippen LogP contribution >= 0.6 is 23.1 Å². The Labute approximate surface area is 246 Å². The van der Waals surface area contributed by atoms with Crippen molar-refractivity contribution in [2.24, 2.45) is 0 Å². The molecular weight excluding hydrogens is 562 g/mol. The third-order valence-corrected chi connectivity index (χ3v) is 9.24. The van der Waals surface area contributed by atoms with Crippen molar-refractivity contribution < 1.29 is 28.7 Å². The fourth-order valence-electron chi connectivity index (χ4n) is 4.83. The van der Waals surface area contributed by atoms with Gasteiger partial charge in [-0.05, 0) is 43.5 Å². The zero-order chi connectivity index (χ0) is 28.9. The predicted octanol–water partition coefficient (Wildman–Crippen LogP) is 4.86. The molecule has 41 heavy (non-hydrogen) atoms. The molecule has 0 spiro atoms. The molecule has 2 unspecified atom stereocenters. The van der Waals surface area contributed by atoms with Crippen LogP contribution in [0.1, 0.15) is 46.6 Å². The van der Waals surface area contributed by atoms with Crippen LogP contribution in [0.25, 0.3) is 0 Å². The van der Waals surface area contributed by atoms with Gasteiger partial charge in [0.15, 0.2) is 6.10 Å². The molecule has 9 nitrogen and oxygen atoms in total. The summed E-state index contributed by atoms with van der Waals surface area (Å²) in [7, 11) is 0. The van der Waals surface area contributed by atoms with Crippen LogP contribution in [-0.4, -0.2) is 53.2 Å². The SMILES string of the molecule is CCOC(=O)c1c(NC(=O)C(C)OC(=O)CC2Sc3ccccc3NC2=O)sc2c1CCN(Cc1ccccc1)C2. The maximum Gasteiger partial charge on any atom is 0.341 e. The minimum atomic E-state index is -1.13. The first-order valence-electron chi connectivity index (χ1n) is 13.5. The Morgan fingerprint density at radius 2 is 1.88 bits per heavy atom. The molecule has 0 saturated carbocycles. The van der Waals surface area contributed by atoms with E-state index in [2.05, 4.69) is 27.7 Å². The van der Waals surface area contributed by atoms with Gasteiger partial charge in [0.1, 0.15) is 5.00 Å². The Morgan fingerprint density at radius 3 is 2.66 bits per heavy atom. The number of thioether (sulfide) groups is 1. The Kier molecular flexibility index (Phi) is 9.06. The molecule has 214 valence electrons. The van der Waals surface area contributed by atoms with Crippen LogP contribution < -0.4 is 10.6 Å². The van der Waals surface area contributed by atoms with Crippen LogP contribution in [0, 0.1) is 0 Å². The van der Waals surface area contributed by atoms with E-state index in [1.807, 2.05) is 36.4 Å². The molecule has 0 saturated heterocycles. The van der Waals surface area contributed by atoms with Gasteiger partial charge < -0.3 is 20.1 Å². The third kappa shape index (κ3) is 6.80. The zero-order valence-electron chi connectivity index (χ0n) is 22.8. The molecule has 1 aromatic heterocycles. The van der Waals surface area contributed by atoms with Crippen molar-refractivity contribution in [3.05, 3.63) is 76.2 Å². The summed E-state index contributed by atoms with van der Waals surface area (Å²) >= 11 is 2.64. The largest absolute Gasteiger partial charge is 0.462 e. The van der Waals surface area contributed by atoms with E-state index >= 15 is 0 Å². The van der Waals surface area contributed by atoms with Crippen molar-refractivity contribution in [2.45, 2.75) is 56.0 Å². The maximum atomic E-state index is 13.1. The van der Waals surface area contributed by atoms with Gasteiger partial charge in [-0.2, -0.15) is 0 Å². The minimum Gasteiger partial charge on any atom is -0.462 e. The number of amides is 2. The Hall–Kier alpha value is -3.67. The van der Waals surface area contributed by atoms with Crippen molar-refractivity contribution in [1.29, 1.82) is 0 Å². The van der Waals surface area contributed by atoms with Gasteiger partial charge in [0.25, 0.3) is 5.91 Å². The molecule has 0 radical (unpaired) electrons. The number of esters is 2. The highest BCUT2D eigenvalue weighted by Crippen LogP contribution is 2.39. The molecule has 3 aromatic rings. The molecule has 2 aliphatic heterocycles. The summed E-state index contributed by atoms with van der Waals surface area (Å²) in [4.78, 5) is 55.3. The van der Waals surface area contributed by atoms with Crippen LogP contribution in [0.4, 0.5) is 10.7 Å². The number of para-hydroxylation sites is 1. The standard InChI is InChI=1S/C30H31N3O6S2/c1-3-38-30(37)26-20-13-14-33(16-19-9-5-4-6-10-19)17-24(20)41-29(26)32-27(35)18(2)39-25(34)15-23-28(36)31-21-11-7-8-12-22(21)40-23/h4-12,18,23H,3,13-17H2,1-2H3,(H,31,36)(H,32,35). The highest BCUT2D eigenvalue weighted by atomic mass is 32.2. The van der Waals surface area contributed by atoms with Crippen molar-refractivity contribution >= 4 is 57.5 Å². The highest BCUT2D eigenvalue weighted by molar-refractivity contribution is 8.01. The number of ether oxygens (including phenoxy) is 2. The third-order valence-electron chi connectivity index (χ3n) is 6.84. The summed E-state index contributed by atoms with van der Waals surface area (Å²) in [5.41, 5.74) is 3.17. The lowest BCUT2D eigenvalue weighted by Gasteiger charge is -2.27. The van der Waals surface area contributed by atoms with Crippen molar-refractivity contribution in [1.82, 2.24) is 4.90 Å². The number of rotatable bonds is 9. The summed E-state index contributed by atoms with van der Waals surface area (Å²) in [6.45, 7) is 5.61. The topological polar surface area (TPSA) is 114 Å². The molecule has 2 amide bonds. The summed E-state index contributed by atoms with van der Waals surface area (Å²) in [5.74, 6) is -1.99. The fraction of sp³-hybridized carbons (Fsp3) is 0.333. The number of carbonyl (C=O) groups is 4. The van der Waals surface area contributed by atoms with E-state index < -0.39 is 29.2 Å². The van der Waals surface area contributed by atoms with Crippen LogP contribution in [-0.2, 0) is 43.4 Å². The van der Waals surface area contributed by atoms with Crippen molar-refractivity contribution in [3.63, 3.8) is 0 Å². The monoisotopic (exact) mass is 593 g/mol. The van der Waals surface area contributed by atoms with Crippen molar-refractivity contribution in [3.8, 4) is 0 Å². The number of nitrogens with zero attached hydrogens (tertiary/aromatic N) is 1. The van der Waals surface area contributed by atoms with Gasteiger partial charge in [-0.3, -0.25) is 19.3 Å². The summed E-state index contributed by atoms with van der Waals surface area (Å²) in [5, 5.41) is 5.33. The minimum absolute atomic E-state index is 0.179. The van der Waals surface area contributed by atoms with Crippen LogP contribution in [0.15, 0.2) is 59.5 Å². The van der Waals surface area contributed by atoms with E-state index in [9.17, 15) is 19.2 Å². The van der Waals surface area contributed by atoms with E-state index in [0.29, 0.717) is 29.2 Å². The van der Waals surface area contributed by atoms with Gasteiger partial charge in [0.05, 0.1) is 29.5 Å². The number of hydrogen-bond donors (Lipinski definition) is 2. The number of nitrogens with one attached hydrogen (secondary N) is 2. The number of fused-ring (bicyclic) bond motifs is 2. The van der Waals surface area contributed by atoms with E-state index in [0.717, 1.165) is 28.4 Å². The molecular formula is C30H31N3O6S2. The summed E-state index contributed by atoms with van der Waals surface area (Å²) in [6.07, 6.45) is -0.659. The Balaban J connectivity index is 1.24. The molecule has 11 heteroatoms. The molecule has 0 fully saturated rings. The fourth-order valence-corrected chi connectivity index (χ4v) is 7.21. The molecule has 2 aliphatic rings. The van der Waals surface area contributed by atoms with Gasteiger partial charge in [0, 0.05) is 29.4 Å². The number of carbonyl (C=O) groups excluding carboxylic acids is 4. The maximum absolute atomic E-state index is 13.1. The lowest BCUT2D eigenvalue weighted by molar-refractivity contribution is -0.153. The molecule has 0 bridgehead atoms. The van der Waals surface area contributed by atoms with E-state index in [1.54, 1.807) is 13.0 Å². The first kappa shape index (κ1) is 28.8. The molecule has 5 rings (SSSR count). The predicted molar refractivity (Wildman–Crippen MR) is 158 cm³/mol. The number of hydrogen-bond acceptors (Lipinski definition) is 9. The van der Waals surface area contributed by atoms with E-state index in [1.165, 1.54) is 35.6 Å². The molecule has 2 N–H and O–H groups in total. The molecule has 2 aromatic carbocycles. The van der Waals surface area contributed by atoms with Gasteiger partial charge in [0.2, 0.25) is 5.91 Å². The van der Waals surface area contributed by atoms with Gasteiger partial charge in [-0.15, -0.1) is 23.1 Å². The first-order chi connectivity index (χ1) is 19.8. The van der Waals surface area contributed by atoms with Gasteiger partial charge >= 0.3 is 11.9 Å². The second-order valence-corrected chi connectivity index (χ2v) is 12.1. The lowest BCUT2D eigenvalue weighted by Crippen LogP contribution is -2.34. The van der Waals surface area contributed by atoms with Gasteiger partial charge in [-0.25, -0.2) is 4.79 Å². The number of anilines is 2. The summed E-state index contributed by atoms with van der Waals surface area (Å²) in [6, 6.07) is 17.5. The number of thiophene rings is 1. The molecule has 2 atom stereocenters. The second kappa shape index (κ2) is 12.9. The number of benzene rings is 2. The van der Waals surface area contributed by atoms with Crippen LogP contribution in [0.5, 0.6) is 0 Å². The van der Waals surface area contributed by atoms with Gasteiger partial charge in [-0.1, -0.05) is 42.5 Å². The highest BCUT2D eigenvalue weighted by Gasteiger charge is 2.33.